The lowest BCUT2D eigenvalue weighted by atomic mass is 10.1. The van der Waals surface area contributed by atoms with Gasteiger partial charge in [0.25, 0.3) is 5.91 Å². The van der Waals surface area contributed by atoms with Crippen LogP contribution in [0.5, 0.6) is 0 Å². The molecule has 0 aliphatic carbocycles. The van der Waals surface area contributed by atoms with Crippen molar-refractivity contribution < 1.29 is 9.59 Å². The normalized spacial score (nSPS) is 10.7. The third-order valence-corrected chi connectivity index (χ3v) is 6.25. The molecule has 2 N–H and O–H groups in total. The third kappa shape index (κ3) is 5.06. The van der Waals surface area contributed by atoms with Crippen LogP contribution >= 0.6 is 23.1 Å². The highest BCUT2D eigenvalue weighted by Crippen LogP contribution is 2.22. The number of rotatable bonds is 6. The highest BCUT2D eigenvalue weighted by atomic mass is 32.2. The highest BCUT2D eigenvalue weighted by Gasteiger charge is 2.09. The first-order valence-electron chi connectivity index (χ1n) is 9.32. The summed E-state index contributed by atoms with van der Waals surface area (Å²) in [4.78, 5) is 29.8. The van der Waals surface area contributed by atoms with E-state index in [2.05, 4.69) is 15.6 Å². The molecule has 0 bridgehead atoms. The van der Waals surface area contributed by atoms with Gasteiger partial charge in [-0.05, 0) is 54.1 Å². The molecule has 0 saturated heterocycles. The summed E-state index contributed by atoms with van der Waals surface area (Å²) in [5.41, 5.74) is 2.21. The molecule has 0 spiro atoms. The molecule has 7 heteroatoms. The van der Waals surface area contributed by atoms with Crippen LogP contribution in [0.1, 0.15) is 16.1 Å². The van der Waals surface area contributed by atoms with Crippen molar-refractivity contribution in [3.8, 4) is 0 Å². The first kappa shape index (κ1) is 20.1. The first-order valence-corrected chi connectivity index (χ1v) is 11.2. The van der Waals surface area contributed by atoms with Crippen molar-refractivity contribution >= 4 is 56.5 Å². The van der Waals surface area contributed by atoms with E-state index in [1.807, 2.05) is 79.0 Å². The molecular formula is C23H19N3O2S2. The Balaban J connectivity index is 1.32. The molecule has 3 aromatic carbocycles. The number of amides is 2. The molecule has 4 rings (SSSR count). The zero-order chi connectivity index (χ0) is 20.9. The van der Waals surface area contributed by atoms with Crippen molar-refractivity contribution in [1.29, 1.82) is 0 Å². The van der Waals surface area contributed by atoms with E-state index < -0.39 is 0 Å². The van der Waals surface area contributed by atoms with Crippen LogP contribution in [-0.2, 0) is 4.79 Å². The van der Waals surface area contributed by atoms with Crippen molar-refractivity contribution in [2.45, 2.75) is 11.8 Å². The number of hydrogen-bond acceptors (Lipinski definition) is 5. The molecule has 0 aliphatic rings. The molecule has 0 fully saturated rings. The molecular weight excluding hydrogens is 414 g/mol. The molecule has 150 valence electrons. The van der Waals surface area contributed by atoms with Crippen molar-refractivity contribution in [1.82, 2.24) is 4.98 Å². The van der Waals surface area contributed by atoms with Gasteiger partial charge in [-0.3, -0.25) is 9.59 Å². The number of carbonyl (C=O) groups is 2. The van der Waals surface area contributed by atoms with E-state index in [0.717, 1.165) is 21.4 Å². The Morgan fingerprint density at radius 3 is 2.47 bits per heavy atom. The molecule has 5 nitrogen and oxygen atoms in total. The molecule has 0 unspecified atom stereocenters. The smallest absolute Gasteiger partial charge is 0.255 e. The van der Waals surface area contributed by atoms with Gasteiger partial charge in [-0.1, -0.05) is 30.3 Å². The molecule has 30 heavy (non-hydrogen) atoms. The largest absolute Gasteiger partial charge is 0.322 e. The van der Waals surface area contributed by atoms with Crippen molar-refractivity contribution in [2.75, 3.05) is 16.4 Å². The van der Waals surface area contributed by atoms with E-state index in [4.69, 9.17) is 0 Å². The van der Waals surface area contributed by atoms with Crippen molar-refractivity contribution in [3.63, 3.8) is 0 Å². The Hall–Kier alpha value is -3.16. The van der Waals surface area contributed by atoms with Crippen LogP contribution in [0, 0.1) is 6.92 Å². The van der Waals surface area contributed by atoms with Crippen LogP contribution in [-0.4, -0.2) is 22.6 Å². The van der Waals surface area contributed by atoms with Gasteiger partial charge in [0.1, 0.15) is 0 Å². The summed E-state index contributed by atoms with van der Waals surface area (Å²) in [5, 5.41) is 10.4. The number of aryl methyl sites for hydroxylation is 1. The number of aromatic nitrogens is 1. The van der Waals surface area contributed by atoms with Crippen LogP contribution in [0.4, 0.5) is 10.8 Å². The molecule has 2 amide bonds. The average molecular weight is 434 g/mol. The monoisotopic (exact) mass is 433 g/mol. The van der Waals surface area contributed by atoms with Gasteiger partial charge in [0.2, 0.25) is 5.91 Å². The summed E-state index contributed by atoms with van der Waals surface area (Å²) in [5.74, 6) is 0.0452. The number of thioether (sulfide) groups is 1. The molecule has 0 radical (unpaired) electrons. The Labute approximate surface area is 182 Å². The maximum absolute atomic E-state index is 12.6. The van der Waals surface area contributed by atoms with E-state index in [1.165, 1.54) is 23.1 Å². The lowest BCUT2D eigenvalue weighted by Gasteiger charge is -2.08. The average Bonchev–Trinajstić information content (AvgIpc) is 3.17. The zero-order valence-electron chi connectivity index (χ0n) is 16.2. The Kier molecular flexibility index (Phi) is 6.11. The van der Waals surface area contributed by atoms with Gasteiger partial charge >= 0.3 is 0 Å². The summed E-state index contributed by atoms with van der Waals surface area (Å²) in [6.07, 6.45) is 0. The number of anilines is 2. The summed E-state index contributed by atoms with van der Waals surface area (Å²) < 4.78 is 0. The maximum Gasteiger partial charge on any atom is 0.255 e. The summed E-state index contributed by atoms with van der Waals surface area (Å²) in [6, 6.07) is 21.1. The van der Waals surface area contributed by atoms with E-state index in [9.17, 15) is 9.59 Å². The van der Waals surface area contributed by atoms with Gasteiger partial charge in [-0.2, -0.15) is 0 Å². The zero-order valence-corrected chi connectivity index (χ0v) is 17.8. The third-order valence-electron chi connectivity index (χ3n) is 4.36. The fraction of sp³-hybridized carbons (Fsp3) is 0.0870. The maximum atomic E-state index is 12.6. The number of thiazole rings is 1. The Morgan fingerprint density at radius 2 is 1.73 bits per heavy atom. The summed E-state index contributed by atoms with van der Waals surface area (Å²) in [7, 11) is 0. The summed E-state index contributed by atoms with van der Waals surface area (Å²) in [6.45, 7) is 1.89. The molecule has 1 aromatic heterocycles. The summed E-state index contributed by atoms with van der Waals surface area (Å²) >= 11 is 2.85. The number of nitrogens with one attached hydrogen (secondary N) is 2. The highest BCUT2D eigenvalue weighted by molar-refractivity contribution is 8.00. The SMILES string of the molecule is Cc1csc(NC(=O)CSc2ccc(NC(=O)c3ccc4ccccc4c3)cc2)n1. The second kappa shape index (κ2) is 9.11. The molecule has 1 heterocycles. The van der Waals surface area contributed by atoms with Gasteiger partial charge in [0.05, 0.1) is 11.4 Å². The van der Waals surface area contributed by atoms with Crippen molar-refractivity contribution in [3.05, 3.63) is 83.4 Å². The van der Waals surface area contributed by atoms with E-state index in [1.54, 1.807) is 0 Å². The Morgan fingerprint density at radius 1 is 0.967 bits per heavy atom. The number of fused-ring (bicyclic) bond motifs is 1. The van der Waals surface area contributed by atoms with Gasteiger partial charge in [-0.25, -0.2) is 4.98 Å². The number of benzene rings is 3. The Bertz CT molecular complexity index is 1200. The fourth-order valence-electron chi connectivity index (χ4n) is 2.88. The lowest BCUT2D eigenvalue weighted by molar-refractivity contribution is -0.113. The number of nitrogens with zero attached hydrogens (tertiary/aromatic N) is 1. The van der Waals surface area contributed by atoms with E-state index in [-0.39, 0.29) is 11.8 Å². The van der Waals surface area contributed by atoms with Gasteiger partial charge in [-0.15, -0.1) is 23.1 Å². The molecule has 0 aliphatic heterocycles. The van der Waals surface area contributed by atoms with Crippen LogP contribution in [0.2, 0.25) is 0 Å². The molecule has 0 saturated carbocycles. The van der Waals surface area contributed by atoms with E-state index >= 15 is 0 Å². The number of hydrogen-bond donors (Lipinski definition) is 2. The molecule has 0 atom stereocenters. The van der Waals surface area contributed by atoms with Crippen LogP contribution in [0.3, 0.4) is 0 Å². The number of carbonyl (C=O) groups excluding carboxylic acids is 2. The van der Waals surface area contributed by atoms with Gasteiger partial charge in [0, 0.05) is 21.5 Å². The van der Waals surface area contributed by atoms with Crippen LogP contribution in [0.25, 0.3) is 10.8 Å². The topological polar surface area (TPSA) is 71.1 Å². The standard InChI is InChI=1S/C23H19N3O2S2/c1-15-13-30-23(24-15)26-21(27)14-29-20-10-8-19(9-11-20)25-22(28)18-7-6-16-4-2-3-5-17(16)12-18/h2-13H,14H2,1H3,(H,25,28)(H,24,26,27). The minimum Gasteiger partial charge on any atom is -0.322 e. The quantitative estimate of drug-likeness (QED) is 0.389. The fourth-order valence-corrected chi connectivity index (χ4v) is 4.29. The molecule has 4 aromatic rings. The predicted molar refractivity (Wildman–Crippen MR) is 125 cm³/mol. The first-order chi connectivity index (χ1) is 14.6. The lowest BCUT2D eigenvalue weighted by Crippen LogP contribution is -2.13. The van der Waals surface area contributed by atoms with E-state index in [0.29, 0.717) is 22.1 Å². The second-order valence-electron chi connectivity index (χ2n) is 6.67. The van der Waals surface area contributed by atoms with Crippen LogP contribution < -0.4 is 10.6 Å². The second-order valence-corrected chi connectivity index (χ2v) is 8.58. The minimum atomic E-state index is -0.153. The van der Waals surface area contributed by atoms with Crippen molar-refractivity contribution in [2.24, 2.45) is 0 Å². The van der Waals surface area contributed by atoms with Gasteiger partial charge in [0.15, 0.2) is 5.13 Å². The van der Waals surface area contributed by atoms with Crippen LogP contribution in [0.15, 0.2) is 77.0 Å². The minimum absolute atomic E-state index is 0.0944. The van der Waals surface area contributed by atoms with Gasteiger partial charge < -0.3 is 10.6 Å². The predicted octanol–water partition coefficient (Wildman–Crippen LogP) is 5.59.